The standard InChI is InChI=1S/C22H28N2O3S/c1-4-24-12-10-19-20-15-18(8-9-21(20)23(2)22(19)11-13-24)28(25,26)17-7-5-6-16(14-17)27-3/h5-9,14-15,19,22H,4,10-13H2,1-3H3/t19-,22-/m1/s1. The second kappa shape index (κ2) is 7.41. The van der Waals surface area contributed by atoms with Gasteiger partial charge in [0.1, 0.15) is 5.75 Å². The Kier molecular flexibility index (Phi) is 5.10. The normalized spacial score (nSPS) is 22.5. The maximum absolute atomic E-state index is 13.2. The molecular formula is C22H28N2O3S. The maximum atomic E-state index is 13.2. The van der Waals surface area contributed by atoms with Crippen molar-refractivity contribution in [2.24, 2.45) is 0 Å². The van der Waals surface area contributed by atoms with Crippen LogP contribution in [0, 0.1) is 0 Å². The second-order valence-corrected chi connectivity index (χ2v) is 9.65. The zero-order valence-electron chi connectivity index (χ0n) is 16.8. The monoisotopic (exact) mass is 400 g/mol. The van der Waals surface area contributed by atoms with Gasteiger partial charge in [0.2, 0.25) is 9.84 Å². The van der Waals surface area contributed by atoms with Gasteiger partial charge in [-0.2, -0.15) is 0 Å². The molecule has 0 aromatic heterocycles. The van der Waals surface area contributed by atoms with E-state index in [4.69, 9.17) is 4.74 Å². The van der Waals surface area contributed by atoms with Crippen molar-refractivity contribution < 1.29 is 13.2 Å². The van der Waals surface area contributed by atoms with E-state index < -0.39 is 9.84 Å². The Morgan fingerprint density at radius 2 is 1.82 bits per heavy atom. The maximum Gasteiger partial charge on any atom is 0.206 e. The molecule has 0 spiro atoms. The van der Waals surface area contributed by atoms with Crippen LogP contribution in [0.4, 0.5) is 5.69 Å². The van der Waals surface area contributed by atoms with Gasteiger partial charge in [-0.25, -0.2) is 8.42 Å². The van der Waals surface area contributed by atoms with Gasteiger partial charge < -0.3 is 14.5 Å². The number of likely N-dealkylation sites (N-methyl/N-ethyl adjacent to an activating group) is 1. The molecule has 5 nitrogen and oxygen atoms in total. The highest BCUT2D eigenvalue weighted by molar-refractivity contribution is 7.91. The first-order valence-corrected chi connectivity index (χ1v) is 11.4. The fourth-order valence-electron chi connectivity index (χ4n) is 4.69. The molecule has 2 aromatic carbocycles. The summed E-state index contributed by atoms with van der Waals surface area (Å²) in [6.45, 7) is 5.45. The number of rotatable bonds is 4. The number of anilines is 1. The molecule has 0 aliphatic carbocycles. The molecule has 0 N–H and O–H groups in total. The van der Waals surface area contributed by atoms with Crippen molar-refractivity contribution in [2.45, 2.75) is 41.5 Å². The van der Waals surface area contributed by atoms with Crippen LogP contribution in [0.2, 0.25) is 0 Å². The summed E-state index contributed by atoms with van der Waals surface area (Å²) >= 11 is 0. The summed E-state index contributed by atoms with van der Waals surface area (Å²) in [4.78, 5) is 5.47. The molecule has 1 saturated heterocycles. The molecule has 2 aliphatic heterocycles. The second-order valence-electron chi connectivity index (χ2n) is 7.70. The fourth-order valence-corrected chi connectivity index (χ4v) is 6.02. The molecule has 2 heterocycles. The lowest BCUT2D eigenvalue weighted by Crippen LogP contribution is -2.31. The van der Waals surface area contributed by atoms with E-state index in [1.54, 1.807) is 37.4 Å². The van der Waals surface area contributed by atoms with E-state index in [0.29, 0.717) is 22.6 Å². The molecule has 2 atom stereocenters. The summed E-state index contributed by atoms with van der Waals surface area (Å²) in [5.41, 5.74) is 2.35. The van der Waals surface area contributed by atoms with Gasteiger partial charge in [0.25, 0.3) is 0 Å². The molecule has 0 unspecified atom stereocenters. The molecule has 2 aromatic rings. The Labute approximate surface area is 167 Å². The van der Waals surface area contributed by atoms with Crippen LogP contribution < -0.4 is 9.64 Å². The zero-order chi connectivity index (χ0) is 19.9. The van der Waals surface area contributed by atoms with Gasteiger partial charge in [0.05, 0.1) is 16.9 Å². The van der Waals surface area contributed by atoms with E-state index in [1.807, 2.05) is 12.1 Å². The minimum absolute atomic E-state index is 0.271. The molecule has 1 fully saturated rings. The lowest BCUT2D eigenvalue weighted by Gasteiger charge is -2.25. The van der Waals surface area contributed by atoms with E-state index in [0.717, 1.165) is 32.5 Å². The first-order chi connectivity index (χ1) is 13.5. The van der Waals surface area contributed by atoms with Crippen LogP contribution >= 0.6 is 0 Å². The van der Waals surface area contributed by atoms with E-state index in [-0.39, 0.29) is 4.90 Å². The third kappa shape index (κ3) is 3.18. The number of likely N-dealkylation sites (tertiary alicyclic amines) is 1. The highest BCUT2D eigenvalue weighted by atomic mass is 32.2. The Morgan fingerprint density at radius 1 is 1.07 bits per heavy atom. The van der Waals surface area contributed by atoms with E-state index in [9.17, 15) is 8.42 Å². The highest BCUT2D eigenvalue weighted by Gasteiger charge is 2.38. The minimum Gasteiger partial charge on any atom is -0.497 e. The summed E-state index contributed by atoms with van der Waals surface area (Å²) in [5.74, 6) is 0.933. The van der Waals surface area contributed by atoms with Crippen LogP contribution in [0.15, 0.2) is 52.3 Å². The van der Waals surface area contributed by atoms with Crippen LogP contribution in [0.25, 0.3) is 0 Å². The average molecular weight is 401 g/mol. The number of hydrogen-bond acceptors (Lipinski definition) is 5. The van der Waals surface area contributed by atoms with Crippen LogP contribution in [-0.4, -0.2) is 53.2 Å². The van der Waals surface area contributed by atoms with Gasteiger partial charge >= 0.3 is 0 Å². The molecule has 0 radical (unpaired) electrons. The largest absolute Gasteiger partial charge is 0.497 e. The van der Waals surface area contributed by atoms with Crippen LogP contribution in [-0.2, 0) is 9.84 Å². The average Bonchev–Trinajstić information content (AvgIpc) is 2.86. The molecule has 0 bridgehead atoms. The number of methoxy groups -OCH3 is 1. The van der Waals surface area contributed by atoms with Crippen LogP contribution in [0.5, 0.6) is 5.75 Å². The molecule has 28 heavy (non-hydrogen) atoms. The number of nitrogens with zero attached hydrogens (tertiary/aromatic N) is 2. The van der Waals surface area contributed by atoms with Crippen molar-refractivity contribution in [2.75, 3.05) is 38.7 Å². The zero-order valence-corrected chi connectivity index (χ0v) is 17.6. The topological polar surface area (TPSA) is 49.9 Å². The van der Waals surface area contributed by atoms with Crippen molar-refractivity contribution >= 4 is 15.5 Å². The Bertz CT molecular complexity index is 973. The van der Waals surface area contributed by atoms with Crippen molar-refractivity contribution in [3.05, 3.63) is 48.0 Å². The third-order valence-corrected chi connectivity index (χ3v) is 8.10. The first-order valence-electron chi connectivity index (χ1n) is 9.94. The van der Waals surface area contributed by atoms with Crippen molar-refractivity contribution in [1.29, 1.82) is 0 Å². The van der Waals surface area contributed by atoms with E-state index >= 15 is 0 Å². The van der Waals surface area contributed by atoms with Gasteiger partial charge in [-0.05, 0) is 67.9 Å². The molecule has 4 rings (SSSR count). The molecule has 2 aliphatic rings. The number of sulfone groups is 1. The van der Waals surface area contributed by atoms with Gasteiger partial charge in [0, 0.05) is 31.2 Å². The van der Waals surface area contributed by atoms with Gasteiger partial charge in [-0.1, -0.05) is 13.0 Å². The van der Waals surface area contributed by atoms with Gasteiger partial charge in [-0.15, -0.1) is 0 Å². The molecule has 0 saturated carbocycles. The smallest absolute Gasteiger partial charge is 0.206 e. The number of hydrogen-bond donors (Lipinski definition) is 0. The number of benzene rings is 2. The fraction of sp³-hybridized carbons (Fsp3) is 0.455. The predicted octanol–water partition coefficient (Wildman–Crippen LogP) is 3.55. The van der Waals surface area contributed by atoms with Crippen LogP contribution in [0.1, 0.15) is 31.2 Å². The van der Waals surface area contributed by atoms with Gasteiger partial charge in [0.15, 0.2) is 0 Å². The SMILES string of the molecule is CCN1CC[C@@H]2c3cc(S(=O)(=O)c4cccc(OC)c4)ccc3N(C)[C@@H]2CC1. The van der Waals surface area contributed by atoms with E-state index in [1.165, 1.54) is 11.3 Å². The molecule has 150 valence electrons. The van der Waals surface area contributed by atoms with Crippen molar-refractivity contribution in [3.63, 3.8) is 0 Å². The summed E-state index contributed by atoms with van der Waals surface area (Å²) in [7, 11) is 0.103. The van der Waals surface area contributed by atoms with Crippen molar-refractivity contribution in [1.82, 2.24) is 4.90 Å². The molecular weight excluding hydrogens is 372 g/mol. The lowest BCUT2D eigenvalue weighted by molar-refractivity contribution is 0.298. The van der Waals surface area contributed by atoms with Gasteiger partial charge in [-0.3, -0.25) is 0 Å². The summed E-state index contributed by atoms with van der Waals surface area (Å²) in [5, 5.41) is 0. The number of fused-ring (bicyclic) bond motifs is 3. The summed E-state index contributed by atoms with van der Waals surface area (Å²) in [6, 6.07) is 12.8. The summed E-state index contributed by atoms with van der Waals surface area (Å²) < 4.78 is 31.7. The quantitative estimate of drug-likeness (QED) is 0.786. The summed E-state index contributed by atoms with van der Waals surface area (Å²) in [6.07, 6.45) is 2.18. The Hall–Kier alpha value is -2.05. The minimum atomic E-state index is -3.58. The molecule has 6 heteroatoms. The molecule has 0 amide bonds. The Balaban J connectivity index is 1.72. The van der Waals surface area contributed by atoms with Crippen molar-refractivity contribution in [3.8, 4) is 5.75 Å². The van der Waals surface area contributed by atoms with Crippen LogP contribution in [0.3, 0.4) is 0 Å². The Morgan fingerprint density at radius 3 is 2.57 bits per heavy atom. The predicted molar refractivity (Wildman–Crippen MR) is 111 cm³/mol. The van der Waals surface area contributed by atoms with E-state index in [2.05, 4.69) is 23.8 Å². The number of ether oxygens (including phenoxy) is 1. The first kappa shape index (κ1) is 19.3. The highest BCUT2D eigenvalue weighted by Crippen LogP contribution is 2.45. The third-order valence-electron chi connectivity index (χ3n) is 6.35. The lowest BCUT2D eigenvalue weighted by atomic mass is 9.91.